The van der Waals surface area contributed by atoms with E-state index in [-0.39, 0.29) is 25.1 Å². The van der Waals surface area contributed by atoms with Gasteiger partial charge in [-0.1, -0.05) is 29.8 Å². The van der Waals surface area contributed by atoms with Gasteiger partial charge in [-0.25, -0.2) is 8.42 Å². The van der Waals surface area contributed by atoms with Crippen LogP contribution in [0, 0.1) is 6.92 Å². The average molecular weight is 393 g/mol. The minimum atomic E-state index is -3.59. The monoisotopic (exact) mass is 392 g/mol. The summed E-state index contributed by atoms with van der Waals surface area (Å²) in [5.74, 6) is -1.17. The van der Waals surface area contributed by atoms with Crippen molar-refractivity contribution in [3.05, 3.63) is 35.4 Å². The van der Waals surface area contributed by atoms with Crippen LogP contribution in [0.2, 0.25) is 0 Å². The zero-order chi connectivity index (χ0) is 17.7. The van der Waals surface area contributed by atoms with E-state index in [1.54, 1.807) is 0 Å². The Balaban J connectivity index is 0.00000312. The summed E-state index contributed by atoms with van der Waals surface area (Å²) in [6, 6.07) is 8.24. The van der Waals surface area contributed by atoms with Gasteiger partial charge >= 0.3 is 5.97 Å². The van der Waals surface area contributed by atoms with E-state index < -0.39 is 22.5 Å². The summed E-state index contributed by atoms with van der Waals surface area (Å²) in [5, 5.41) is 8.89. The molecule has 1 aliphatic heterocycles. The average Bonchev–Trinajstić information content (AvgIpc) is 2.45. The molecule has 1 N–H and O–H groups in total. The van der Waals surface area contributed by atoms with Crippen LogP contribution in [0.4, 0.5) is 0 Å². The third-order valence-electron chi connectivity index (χ3n) is 3.90. The van der Waals surface area contributed by atoms with Crippen molar-refractivity contribution in [2.75, 3.05) is 39.0 Å². The van der Waals surface area contributed by atoms with Crippen molar-refractivity contribution >= 4 is 28.4 Å². The summed E-state index contributed by atoms with van der Waals surface area (Å²) in [5.41, 5.74) is 2.39. The number of aliphatic carboxylic acids is 1. The van der Waals surface area contributed by atoms with Crippen LogP contribution in [-0.4, -0.2) is 73.8 Å². The molecule has 1 aliphatic rings. The van der Waals surface area contributed by atoms with E-state index in [0.29, 0.717) is 13.2 Å². The van der Waals surface area contributed by atoms with E-state index in [1.165, 1.54) is 11.1 Å². The van der Waals surface area contributed by atoms with Crippen molar-refractivity contribution < 1.29 is 23.1 Å². The van der Waals surface area contributed by atoms with Gasteiger partial charge in [-0.3, -0.25) is 9.69 Å². The highest BCUT2D eigenvalue weighted by Gasteiger charge is 2.28. The molecule has 0 spiro atoms. The van der Waals surface area contributed by atoms with Crippen LogP contribution in [0.5, 0.6) is 0 Å². The first-order chi connectivity index (χ1) is 11.2. The number of hydrogen-bond donors (Lipinski definition) is 1. The Labute approximate surface area is 155 Å². The highest BCUT2D eigenvalue weighted by Crippen LogP contribution is 2.13. The number of halogens is 1. The Hall–Kier alpha value is -1.19. The van der Waals surface area contributed by atoms with E-state index >= 15 is 0 Å². The molecule has 1 saturated heterocycles. The number of ether oxygens (including phenoxy) is 1. The molecule has 0 amide bonds. The van der Waals surface area contributed by atoms with Crippen LogP contribution in [0.25, 0.3) is 0 Å². The van der Waals surface area contributed by atoms with Gasteiger partial charge in [-0.05, 0) is 12.5 Å². The zero-order valence-electron chi connectivity index (χ0n) is 14.4. The summed E-state index contributed by atoms with van der Waals surface area (Å²) < 4.78 is 30.1. The van der Waals surface area contributed by atoms with Crippen molar-refractivity contribution in [1.82, 2.24) is 9.21 Å². The lowest BCUT2D eigenvalue weighted by molar-refractivity contribution is -0.137. The summed E-state index contributed by atoms with van der Waals surface area (Å²) in [7, 11) is -3.59. The van der Waals surface area contributed by atoms with Crippen molar-refractivity contribution in [2.24, 2.45) is 0 Å². The lowest BCUT2D eigenvalue weighted by Crippen LogP contribution is -2.49. The summed E-state index contributed by atoms with van der Waals surface area (Å²) in [6.45, 7) is 4.15. The van der Waals surface area contributed by atoms with Crippen LogP contribution in [0.1, 0.15) is 11.1 Å². The molecule has 1 fully saturated rings. The molecule has 142 valence electrons. The molecule has 7 nitrogen and oxygen atoms in total. The van der Waals surface area contributed by atoms with Gasteiger partial charge in [-0.15, -0.1) is 12.4 Å². The molecule has 0 aromatic heterocycles. The maximum atomic E-state index is 11.7. The number of carboxylic acids is 1. The van der Waals surface area contributed by atoms with Crippen molar-refractivity contribution in [1.29, 1.82) is 0 Å². The van der Waals surface area contributed by atoms with E-state index in [0.717, 1.165) is 23.7 Å². The number of benzene rings is 1. The molecule has 1 aromatic rings. The lowest BCUT2D eigenvalue weighted by Gasteiger charge is -2.34. The van der Waals surface area contributed by atoms with Gasteiger partial charge in [0.05, 0.1) is 19.0 Å². The summed E-state index contributed by atoms with van der Waals surface area (Å²) >= 11 is 0. The number of morpholine rings is 1. The molecular weight excluding hydrogens is 368 g/mol. The molecule has 25 heavy (non-hydrogen) atoms. The normalized spacial score (nSPS) is 18.8. The highest BCUT2D eigenvalue weighted by atomic mass is 35.5. The standard InChI is InChI=1S/C16H24N2O5S.ClH/c1-13-4-3-5-14(8-13)9-17-6-7-23-15(10-17)11-18(12-16(19)20)24(2,21)22;/h3-5,8,15H,6-7,9-12H2,1-2H3,(H,19,20);1H. The SMILES string of the molecule is Cc1cccc(CN2CCOC(CN(CC(=O)O)S(C)(=O)=O)C2)c1.Cl. The minimum Gasteiger partial charge on any atom is -0.480 e. The van der Waals surface area contributed by atoms with Crippen molar-refractivity contribution in [3.63, 3.8) is 0 Å². The van der Waals surface area contributed by atoms with Crippen LogP contribution in [0.15, 0.2) is 24.3 Å². The summed E-state index contributed by atoms with van der Waals surface area (Å²) in [4.78, 5) is 13.1. The first kappa shape index (κ1) is 21.9. The largest absolute Gasteiger partial charge is 0.480 e. The number of rotatable bonds is 7. The van der Waals surface area contributed by atoms with Crippen LogP contribution < -0.4 is 0 Å². The zero-order valence-corrected chi connectivity index (χ0v) is 16.1. The molecule has 2 rings (SSSR count). The van der Waals surface area contributed by atoms with Crippen molar-refractivity contribution in [3.8, 4) is 0 Å². The maximum Gasteiger partial charge on any atom is 0.318 e. The smallest absolute Gasteiger partial charge is 0.318 e. The Morgan fingerprint density at radius 2 is 2.16 bits per heavy atom. The quantitative estimate of drug-likeness (QED) is 0.743. The molecule has 1 atom stereocenters. The second-order valence-corrected chi connectivity index (χ2v) is 8.15. The van der Waals surface area contributed by atoms with Crippen LogP contribution >= 0.6 is 12.4 Å². The Morgan fingerprint density at radius 3 is 2.76 bits per heavy atom. The second-order valence-electron chi connectivity index (χ2n) is 6.17. The minimum absolute atomic E-state index is 0. The van der Waals surface area contributed by atoms with E-state index in [9.17, 15) is 13.2 Å². The fourth-order valence-corrected chi connectivity index (χ4v) is 3.58. The van der Waals surface area contributed by atoms with Gasteiger partial charge in [0.15, 0.2) is 0 Å². The summed E-state index contributed by atoms with van der Waals surface area (Å²) in [6.07, 6.45) is 0.682. The molecule has 0 radical (unpaired) electrons. The third kappa shape index (κ3) is 7.29. The highest BCUT2D eigenvalue weighted by molar-refractivity contribution is 7.88. The van der Waals surface area contributed by atoms with Gasteiger partial charge in [0.1, 0.15) is 6.54 Å². The first-order valence-electron chi connectivity index (χ1n) is 7.80. The Bertz CT molecular complexity index is 683. The number of nitrogens with zero attached hydrogens (tertiary/aromatic N) is 2. The Morgan fingerprint density at radius 1 is 1.44 bits per heavy atom. The van der Waals surface area contributed by atoms with Gasteiger partial charge < -0.3 is 9.84 Å². The van der Waals surface area contributed by atoms with Gasteiger partial charge in [0.2, 0.25) is 10.0 Å². The molecule has 0 aliphatic carbocycles. The number of hydrogen-bond acceptors (Lipinski definition) is 5. The molecule has 9 heteroatoms. The first-order valence-corrected chi connectivity index (χ1v) is 9.65. The maximum absolute atomic E-state index is 11.7. The van der Waals surface area contributed by atoms with E-state index in [2.05, 4.69) is 17.0 Å². The van der Waals surface area contributed by atoms with Gasteiger partial charge in [0.25, 0.3) is 0 Å². The van der Waals surface area contributed by atoms with E-state index in [4.69, 9.17) is 9.84 Å². The predicted molar refractivity (Wildman–Crippen MR) is 97.5 cm³/mol. The molecule has 0 bridgehead atoms. The Kier molecular flexibility index (Phi) is 8.30. The lowest BCUT2D eigenvalue weighted by atomic mass is 10.1. The number of carbonyl (C=O) groups is 1. The molecule has 0 saturated carbocycles. The molecule has 1 aromatic carbocycles. The fourth-order valence-electron chi connectivity index (χ4n) is 2.80. The number of sulfonamides is 1. The second kappa shape index (κ2) is 9.49. The topological polar surface area (TPSA) is 87.2 Å². The van der Waals surface area contributed by atoms with E-state index in [1.807, 2.05) is 19.1 Å². The van der Waals surface area contributed by atoms with Crippen LogP contribution in [0.3, 0.4) is 0 Å². The van der Waals surface area contributed by atoms with Crippen LogP contribution in [-0.2, 0) is 26.1 Å². The molecule has 1 heterocycles. The van der Waals surface area contributed by atoms with Crippen molar-refractivity contribution in [2.45, 2.75) is 19.6 Å². The molecular formula is C16H25ClN2O5S. The van der Waals surface area contributed by atoms with Gasteiger partial charge in [-0.2, -0.15) is 4.31 Å². The molecule has 1 unspecified atom stereocenters. The predicted octanol–water partition coefficient (Wildman–Crippen LogP) is 0.964. The van der Waals surface area contributed by atoms with Gasteiger partial charge in [0, 0.05) is 26.2 Å². The fraction of sp³-hybridized carbons (Fsp3) is 0.562. The number of carboxylic acid groups (broad SMARTS) is 1. The number of aryl methyl sites for hydroxylation is 1. The third-order valence-corrected chi connectivity index (χ3v) is 5.12.